The summed E-state index contributed by atoms with van der Waals surface area (Å²) in [6.45, 7) is 0.664. The van der Waals surface area contributed by atoms with E-state index in [0.29, 0.717) is 12.3 Å². The van der Waals surface area contributed by atoms with E-state index in [1.54, 1.807) is 30.3 Å². The highest BCUT2D eigenvalue weighted by atomic mass is 32.2. The zero-order valence-corrected chi connectivity index (χ0v) is 13.2. The van der Waals surface area contributed by atoms with Crippen molar-refractivity contribution < 1.29 is 22.8 Å². The number of nitro benzene ring substituents is 1. The number of benzene rings is 2. The summed E-state index contributed by atoms with van der Waals surface area (Å²) in [6, 6.07) is 12.1. The standard InChI is InChI=1S/C15H14N2O6S/c18-17(19)15-13(23-10-12-9-22-12)7-4-8-14(15)24(20,21)16-11-5-2-1-3-6-11/h1-8,12,16H,9-10H2. The molecule has 1 heterocycles. The molecule has 1 aliphatic heterocycles. The molecule has 126 valence electrons. The molecule has 2 aromatic rings. The Kier molecular flexibility index (Phi) is 4.36. The molecule has 8 nitrogen and oxygen atoms in total. The first kappa shape index (κ1) is 16.2. The number of para-hydroxylation sites is 2. The molecule has 1 unspecified atom stereocenters. The summed E-state index contributed by atoms with van der Waals surface area (Å²) < 4.78 is 37.7. The van der Waals surface area contributed by atoms with Crippen molar-refractivity contribution in [1.82, 2.24) is 0 Å². The molecule has 0 aliphatic carbocycles. The third kappa shape index (κ3) is 3.63. The molecule has 0 aromatic heterocycles. The van der Waals surface area contributed by atoms with Gasteiger partial charge in [0.05, 0.1) is 11.5 Å². The normalized spacial score (nSPS) is 16.4. The minimum absolute atomic E-state index is 0.104. The van der Waals surface area contributed by atoms with E-state index < -0.39 is 25.5 Å². The van der Waals surface area contributed by atoms with Gasteiger partial charge < -0.3 is 9.47 Å². The van der Waals surface area contributed by atoms with Gasteiger partial charge in [0.2, 0.25) is 0 Å². The van der Waals surface area contributed by atoms with Crippen molar-refractivity contribution in [2.24, 2.45) is 0 Å². The van der Waals surface area contributed by atoms with Crippen LogP contribution in [0.5, 0.6) is 5.75 Å². The summed E-state index contributed by atoms with van der Waals surface area (Å²) in [4.78, 5) is 10.2. The molecule has 0 amide bonds. The Morgan fingerprint density at radius 3 is 2.54 bits per heavy atom. The molecule has 0 radical (unpaired) electrons. The van der Waals surface area contributed by atoms with Crippen LogP contribution in [0.15, 0.2) is 53.4 Å². The maximum absolute atomic E-state index is 12.5. The van der Waals surface area contributed by atoms with Gasteiger partial charge >= 0.3 is 5.69 Å². The Bertz CT molecular complexity index is 850. The fourth-order valence-electron chi connectivity index (χ4n) is 2.08. The van der Waals surface area contributed by atoms with E-state index in [2.05, 4.69) is 4.72 Å². The quantitative estimate of drug-likeness (QED) is 0.465. The van der Waals surface area contributed by atoms with Gasteiger partial charge in [-0.15, -0.1) is 0 Å². The lowest BCUT2D eigenvalue weighted by atomic mass is 10.3. The van der Waals surface area contributed by atoms with E-state index >= 15 is 0 Å². The smallest absolute Gasteiger partial charge is 0.331 e. The van der Waals surface area contributed by atoms with Crippen LogP contribution >= 0.6 is 0 Å². The van der Waals surface area contributed by atoms with Gasteiger partial charge in [-0.2, -0.15) is 0 Å². The minimum atomic E-state index is -4.14. The molecule has 0 spiro atoms. The molecule has 3 rings (SSSR count). The van der Waals surface area contributed by atoms with Crippen LogP contribution in [-0.2, 0) is 14.8 Å². The van der Waals surface area contributed by atoms with Crippen LogP contribution in [0, 0.1) is 10.1 Å². The maximum atomic E-state index is 12.5. The lowest BCUT2D eigenvalue weighted by molar-refractivity contribution is -0.388. The first-order valence-electron chi connectivity index (χ1n) is 7.07. The highest BCUT2D eigenvalue weighted by Crippen LogP contribution is 2.35. The van der Waals surface area contributed by atoms with Crippen molar-refractivity contribution >= 4 is 21.4 Å². The number of hydrogen-bond donors (Lipinski definition) is 1. The molecule has 0 saturated carbocycles. The zero-order chi connectivity index (χ0) is 17.2. The maximum Gasteiger partial charge on any atom is 0.331 e. The van der Waals surface area contributed by atoms with Gasteiger partial charge in [-0.25, -0.2) is 8.42 Å². The fraction of sp³-hybridized carbons (Fsp3) is 0.200. The first-order chi connectivity index (χ1) is 11.5. The topological polar surface area (TPSA) is 111 Å². The Labute approximate surface area is 138 Å². The van der Waals surface area contributed by atoms with Gasteiger partial charge in [-0.1, -0.05) is 24.3 Å². The van der Waals surface area contributed by atoms with Gasteiger partial charge in [0.1, 0.15) is 12.7 Å². The second-order valence-electron chi connectivity index (χ2n) is 5.10. The summed E-state index contributed by atoms with van der Waals surface area (Å²) in [6.07, 6.45) is -0.104. The van der Waals surface area contributed by atoms with Gasteiger partial charge in [0.25, 0.3) is 10.0 Å². The van der Waals surface area contributed by atoms with Crippen LogP contribution in [0.3, 0.4) is 0 Å². The molecule has 2 aromatic carbocycles. The monoisotopic (exact) mass is 350 g/mol. The van der Waals surface area contributed by atoms with Crippen molar-refractivity contribution in [3.8, 4) is 5.75 Å². The van der Waals surface area contributed by atoms with E-state index in [0.717, 1.165) is 0 Å². The van der Waals surface area contributed by atoms with E-state index in [1.165, 1.54) is 18.2 Å². The summed E-state index contributed by atoms with van der Waals surface area (Å²) in [5, 5.41) is 11.4. The summed E-state index contributed by atoms with van der Waals surface area (Å²) in [5.41, 5.74) is -0.286. The lowest BCUT2D eigenvalue weighted by Crippen LogP contribution is -2.15. The molecular formula is C15H14N2O6S. The number of nitrogens with zero attached hydrogens (tertiary/aromatic N) is 1. The van der Waals surface area contributed by atoms with Crippen molar-refractivity contribution in [3.05, 3.63) is 58.6 Å². The van der Waals surface area contributed by atoms with Crippen molar-refractivity contribution in [2.45, 2.75) is 11.0 Å². The predicted octanol–water partition coefficient (Wildman–Crippen LogP) is 2.17. The number of hydrogen-bond acceptors (Lipinski definition) is 6. The summed E-state index contributed by atoms with van der Waals surface area (Å²) >= 11 is 0. The van der Waals surface area contributed by atoms with E-state index in [9.17, 15) is 18.5 Å². The van der Waals surface area contributed by atoms with E-state index in [4.69, 9.17) is 9.47 Å². The minimum Gasteiger partial charge on any atom is -0.484 e. The first-order valence-corrected chi connectivity index (χ1v) is 8.55. The van der Waals surface area contributed by atoms with Crippen LogP contribution < -0.4 is 9.46 Å². The third-order valence-corrected chi connectivity index (χ3v) is 4.70. The van der Waals surface area contributed by atoms with Gasteiger partial charge in [-0.05, 0) is 24.3 Å². The van der Waals surface area contributed by atoms with E-state index in [1.807, 2.05) is 0 Å². The number of epoxide rings is 1. The molecule has 1 fully saturated rings. The number of sulfonamides is 1. The van der Waals surface area contributed by atoms with Crippen molar-refractivity contribution in [1.29, 1.82) is 0 Å². The van der Waals surface area contributed by atoms with E-state index in [-0.39, 0.29) is 18.5 Å². The molecule has 1 N–H and O–H groups in total. The largest absolute Gasteiger partial charge is 0.484 e. The van der Waals surface area contributed by atoms with Crippen molar-refractivity contribution in [3.63, 3.8) is 0 Å². The highest BCUT2D eigenvalue weighted by molar-refractivity contribution is 7.92. The SMILES string of the molecule is O=[N+]([O-])c1c(OCC2CO2)cccc1S(=O)(=O)Nc1ccccc1. The molecule has 1 aliphatic rings. The Hall–Kier alpha value is -2.65. The molecule has 1 atom stereocenters. The second-order valence-corrected chi connectivity index (χ2v) is 6.75. The predicted molar refractivity (Wildman–Crippen MR) is 85.6 cm³/mol. The Morgan fingerprint density at radius 1 is 1.21 bits per heavy atom. The molecule has 9 heteroatoms. The van der Waals surface area contributed by atoms with Crippen molar-refractivity contribution in [2.75, 3.05) is 17.9 Å². The summed E-state index contributed by atoms with van der Waals surface area (Å²) in [5.74, 6) is -0.105. The molecule has 24 heavy (non-hydrogen) atoms. The Balaban J connectivity index is 1.96. The average Bonchev–Trinajstić information content (AvgIpc) is 3.37. The number of nitrogens with one attached hydrogen (secondary N) is 1. The second kappa shape index (κ2) is 6.46. The van der Waals surface area contributed by atoms with Crippen LogP contribution in [-0.4, -0.2) is 32.7 Å². The van der Waals surface area contributed by atoms with Gasteiger partial charge in [0.15, 0.2) is 10.6 Å². The molecule has 0 bridgehead atoms. The molecular weight excluding hydrogens is 336 g/mol. The van der Waals surface area contributed by atoms with Crippen LogP contribution in [0.25, 0.3) is 0 Å². The lowest BCUT2D eigenvalue weighted by Gasteiger charge is -2.11. The molecule has 1 saturated heterocycles. The highest BCUT2D eigenvalue weighted by Gasteiger charge is 2.31. The fourth-order valence-corrected chi connectivity index (χ4v) is 3.32. The zero-order valence-electron chi connectivity index (χ0n) is 12.4. The number of nitro groups is 1. The third-order valence-electron chi connectivity index (χ3n) is 3.29. The van der Waals surface area contributed by atoms with Crippen LogP contribution in [0.1, 0.15) is 0 Å². The summed E-state index contributed by atoms with van der Waals surface area (Å²) in [7, 11) is -4.14. The van der Waals surface area contributed by atoms with Gasteiger partial charge in [0, 0.05) is 5.69 Å². The van der Waals surface area contributed by atoms with Crippen LogP contribution in [0.4, 0.5) is 11.4 Å². The van der Waals surface area contributed by atoms with Gasteiger partial charge in [-0.3, -0.25) is 14.8 Å². The number of anilines is 1. The number of rotatable bonds is 7. The number of ether oxygens (including phenoxy) is 2. The Morgan fingerprint density at radius 2 is 1.92 bits per heavy atom. The van der Waals surface area contributed by atoms with Crippen LogP contribution in [0.2, 0.25) is 0 Å². The average molecular weight is 350 g/mol.